The first-order valence-corrected chi connectivity index (χ1v) is 11.6. The van der Waals surface area contributed by atoms with E-state index in [1.807, 2.05) is 13.0 Å². The molecular weight excluding hydrogens is 376 g/mol. The monoisotopic (exact) mass is 410 g/mol. The number of ether oxygens (including phenoxy) is 2. The van der Waals surface area contributed by atoms with Crippen molar-refractivity contribution >= 4 is 11.6 Å². The molecule has 0 bridgehead atoms. The topological polar surface area (TPSA) is 52.6 Å². The Balaban J connectivity index is 1.58. The van der Waals surface area contributed by atoms with E-state index in [0.29, 0.717) is 17.8 Å². The van der Waals surface area contributed by atoms with Gasteiger partial charge in [0.25, 0.3) is 0 Å². The molecule has 7 atom stereocenters. The number of fused-ring (bicyclic) bond motifs is 6. The highest BCUT2D eigenvalue weighted by Crippen LogP contribution is 2.67. The van der Waals surface area contributed by atoms with E-state index in [9.17, 15) is 9.59 Å². The molecule has 4 nitrogen and oxygen atoms in total. The molecule has 1 heterocycles. The molecule has 4 heteroatoms. The number of ketones is 2. The maximum absolute atomic E-state index is 13.3. The molecular formula is C26H34O4. The third kappa shape index (κ3) is 2.41. The van der Waals surface area contributed by atoms with Crippen molar-refractivity contribution in [3.05, 3.63) is 35.5 Å². The van der Waals surface area contributed by atoms with Crippen LogP contribution < -0.4 is 0 Å². The lowest BCUT2D eigenvalue weighted by Gasteiger charge is -2.57. The van der Waals surface area contributed by atoms with Crippen molar-refractivity contribution in [2.75, 3.05) is 6.61 Å². The molecule has 0 aromatic carbocycles. The first kappa shape index (κ1) is 20.4. The lowest BCUT2D eigenvalue weighted by atomic mass is 9.49. The van der Waals surface area contributed by atoms with Gasteiger partial charge in [-0.2, -0.15) is 0 Å². The smallest absolute Gasteiger partial charge is 0.190 e. The third-order valence-electron chi connectivity index (χ3n) is 9.39. The summed E-state index contributed by atoms with van der Waals surface area (Å²) in [5.41, 5.74) is 1.57. The number of hydrogen-bond acceptors (Lipinski definition) is 4. The maximum atomic E-state index is 13.3. The zero-order chi connectivity index (χ0) is 21.5. The molecule has 0 radical (unpaired) electrons. The van der Waals surface area contributed by atoms with Crippen LogP contribution in [0.25, 0.3) is 0 Å². The van der Waals surface area contributed by atoms with Crippen LogP contribution >= 0.6 is 0 Å². The third-order valence-corrected chi connectivity index (χ3v) is 9.39. The van der Waals surface area contributed by atoms with Gasteiger partial charge in [0.15, 0.2) is 17.4 Å². The van der Waals surface area contributed by atoms with Crippen LogP contribution in [0.15, 0.2) is 35.5 Å². The summed E-state index contributed by atoms with van der Waals surface area (Å²) in [6.07, 6.45) is 12.5. The first-order valence-electron chi connectivity index (χ1n) is 11.6. The standard InChI is InChI=1S/C26H34O4/c1-6-25(5)29-15-22(28)26(30-25)12-9-20-18-13-16(2)21-14-17(27)7-10-23(21,3)19(18)8-11-24(20,26)4/h7-8,10,14,16,18,20H,6,9,11-13,15H2,1-5H3/t16-,18?,20?,23+,24-,25?,26-/m0/s1. The first-order chi connectivity index (χ1) is 14.1. The van der Waals surface area contributed by atoms with Crippen LogP contribution in [0.3, 0.4) is 0 Å². The molecule has 5 aliphatic rings. The molecule has 3 unspecified atom stereocenters. The normalized spacial score (nSPS) is 50.0. The highest BCUT2D eigenvalue weighted by Gasteiger charge is 2.68. The Bertz CT molecular complexity index is 912. The van der Waals surface area contributed by atoms with Crippen molar-refractivity contribution in [3.63, 3.8) is 0 Å². The van der Waals surface area contributed by atoms with Gasteiger partial charge in [0.05, 0.1) is 0 Å². The molecule has 2 saturated carbocycles. The van der Waals surface area contributed by atoms with E-state index in [0.717, 1.165) is 32.1 Å². The average molecular weight is 411 g/mol. The van der Waals surface area contributed by atoms with E-state index in [2.05, 4.69) is 39.8 Å². The number of carbonyl (C=O) groups excluding carboxylic acids is 2. The minimum Gasteiger partial charge on any atom is -0.342 e. The number of hydrogen-bond donors (Lipinski definition) is 0. The fourth-order valence-electron chi connectivity index (χ4n) is 7.51. The van der Waals surface area contributed by atoms with Crippen LogP contribution in [-0.2, 0) is 19.1 Å². The van der Waals surface area contributed by atoms with Crippen molar-refractivity contribution in [1.82, 2.24) is 0 Å². The van der Waals surface area contributed by atoms with Crippen molar-refractivity contribution in [2.24, 2.45) is 28.6 Å². The van der Waals surface area contributed by atoms with Crippen LogP contribution in [0, 0.1) is 28.6 Å². The molecule has 0 N–H and O–H groups in total. The number of Topliss-reactive ketones (excluding diaryl/α,β-unsaturated/α-hetero) is 1. The predicted octanol–water partition coefficient (Wildman–Crippen LogP) is 4.94. The summed E-state index contributed by atoms with van der Waals surface area (Å²) in [4.78, 5) is 25.4. The number of carbonyl (C=O) groups is 2. The maximum Gasteiger partial charge on any atom is 0.190 e. The van der Waals surface area contributed by atoms with Crippen LogP contribution in [0.2, 0.25) is 0 Å². The van der Waals surface area contributed by atoms with E-state index in [-0.39, 0.29) is 29.0 Å². The van der Waals surface area contributed by atoms with Crippen molar-refractivity contribution < 1.29 is 19.1 Å². The molecule has 4 aliphatic carbocycles. The van der Waals surface area contributed by atoms with Crippen LogP contribution in [-0.4, -0.2) is 29.6 Å². The van der Waals surface area contributed by atoms with E-state index < -0.39 is 11.4 Å². The zero-order valence-corrected chi connectivity index (χ0v) is 18.9. The largest absolute Gasteiger partial charge is 0.342 e. The van der Waals surface area contributed by atoms with Gasteiger partial charge in [-0.05, 0) is 81.4 Å². The molecule has 3 fully saturated rings. The molecule has 5 rings (SSSR count). The minimum atomic E-state index is -0.749. The second kappa shape index (κ2) is 6.26. The Labute approximate surface area is 179 Å². The van der Waals surface area contributed by atoms with E-state index in [4.69, 9.17) is 9.47 Å². The van der Waals surface area contributed by atoms with Gasteiger partial charge >= 0.3 is 0 Å². The van der Waals surface area contributed by atoms with Gasteiger partial charge < -0.3 is 9.47 Å². The number of allylic oxidation sites excluding steroid dienone is 6. The molecule has 30 heavy (non-hydrogen) atoms. The van der Waals surface area contributed by atoms with E-state index >= 15 is 0 Å². The van der Waals surface area contributed by atoms with E-state index in [1.165, 1.54) is 11.1 Å². The summed E-state index contributed by atoms with van der Waals surface area (Å²) in [7, 11) is 0. The van der Waals surface area contributed by atoms with Gasteiger partial charge in [-0.1, -0.05) is 38.5 Å². The highest BCUT2D eigenvalue weighted by atomic mass is 16.7. The summed E-state index contributed by atoms with van der Waals surface area (Å²) in [6.45, 7) is 11.0. The SMILES string of the molecule is CCC1(C)OCC(=O)[C@]2(CCC3C4C[C@H](C)C5=CC(=O)C=C[C@]5(C)C4=CC[C@@]32C)O1. The Kier molecular flexibility index (Phi) is 4.25. The predicted molar refractivity (Wildman–Crippen MR) is 115 cm³/mol. The van der Waals surface area contributed by atoms with Crippen molar-refractivity contribution in [1.29, 1.82) is 0 Å². The highest BCUT2D eigenvalue weighted by molar-refractivity contribution is 6.01. The van der Waals surface area contributed by atoms with Crippen molar-refractivity contribution in [2.45, 2.75) is 78.1 Å². The molecule has 0 aromatic heterocycles. The summed E-state index contributed by atoms with van der Waals surface area (Å²) in [6, 6.07) is 0. The van der Waals surface area contributed by atoms with Crippen LogP contribution in [0.4, 0.5) is 0 Å². The Morgan fingerprint density at radius 1 is 1.17 bits per heavy atom. The second-order valence-electron chi connectivity index (χ2n) is 10.8. The summed E-state index contributed by atoms with van der Waals surface area (Å²) < 4.78 is 12.5. The lowest BCUT2D eigenvalue weighted by Crippen LogP contribution is -2.64. The van der Waals surface area contributed by atoms with Gasteiger partial charge in [0.1, 0.15) is 12.2 Å². The Morgan fingerprint density at radius 2 is 1.93 bits per heavy atom. The van der Waals surface area contributed by atoms with E-state index in [1.54, 1.807) is 6.08 Å². The quantitative estimate of drug-likeness (QED) is 0.575. The van der Waals surface area contributed by atoms with Gasteiger partial charge in [0, 0.05) is 10.8 Å². The molecule has 1 aliphatic heterocycles. The molecule has 162 valence electrons. The number of rotatable bonds is 1. The average Bonchev–Trinajstić information content (AvgIpc) is 3.00. The van der Waals surface area contributed by atoms with Gasteiger partial charge in [0.2, 0.25) is 0 Å². The van der Waals surface area contributed by atoms with Crippen LogP contribution in [0.1, 0.15) is 66.7 Å². The molecule has 1 spiro atoms. The Hall–Kier alpha value is -1.52. The zero-order valence-electron chi connectivity index (χ0n) is 18.9. The fraction of sp³-hybridized carbons (Fsp3) is 0.692. The minimum absolute atomic E-state index is 0.105. The summed E-state index contributed by atoms with van der Waals surface area (Å²) >= 11 is 0. The summed E-state index contributed by atoms with van der Waals surface area (Å²) in [5, 5.41) is 0. The Morgan fingerprint density at radius 3 is 2.67 bits per heavy atom. The molecule has 1 saturated heterocycles. The molecule has 0 amide bonds. The van der Waals surface area contributed by atoms with Gasteiger partial charge in [-0.15, -0.1) is 0 Å². The molecule has 0 aromatic rings. The fourth-order valence-corrected chi connectivity index (χ4v) is 7.51. The summed E-state index contributed by atoms with van der Waals surface area (Å²) in [5.74, 6) is 0.724. The lowest BCUT2D eigenvalue weighted by molar-refractivity contribution is -0.318. The van der Waals surface area contributed by atoms with Crippen molar-refractivity contribution in [3.8, 4) is 0 Å². The van der Waals surface area contributed by atoms with Crippen LogP contribution in [0.5, 0.6) is 0 Å². The second-order valence-corrected chi connectivity index (χ2v) is 10.8. The van der Waals surface area contributed by atoms with Gasteiger partial charge in [-0.3, -0.25) is 9.59 Å². The van der Waals surface area contributed by atoms with Gasteiger partial charge in [-0.25, -0.2) is 0 Å².